The third-order valence-electron chi connectivity index (χ3n) is 1.23. The Kier molecular flexibility index (Phi) is 2.69. The monoisotopic (exact) mass is 212 g/mol. The third kappa shape index (κ3) is 1.76. The number of nitrogens with two attached hydrogens (primary N) is 1. The lowest BCUT2D eigenvalue weighted by Gasteiger charge is -2.04. The fourth-order valence-electron chi connectivity index (χ4n) is 0.669. The number of nitrogen functional groups attached to an aromatic ring is 1. The van der Waals surface area contributed by atoms with Crippen molar-refractivity contribution in [3.8, 4) is 0 Å². The summed E-state index contributed by atoms with van der Waals surface area (Å²) in [5, 5.41) is -0.0975. The molecule has 0 atom stereocenters. The molecule has 0 unspecified atom stereocenters. The van der Waals surface area contributed by atoms with Gasteiger partial charge in [-0.2, -0.15) is 0 Å². The molecule has 0 saturated carbocycles. The predicted octanol–water partition coefficient (Wildman–Crippen LogP) is 2.91. The lowest BCUT2D eigenvalue weighted by Crippen LogP contribution is -1.98. The van der Waals surface area contributed by atoms with Crippen molar-refractivity contribution in [3.05, 3.63) is 21.8 Å². The molecular formula is C6H4Cl2F2N2. The molecule has 0 fully saturated rings. The van der Waals surface area contributed by atoms with Gasteiger partial charge < -0.3 is 5.73 Å². The van der Waals surface area contributed by atoms with Gasteiger partial charge >= 0.3 is 0 Å². The van der Waals surface area contributed by atoms with Gasteiger partial charge in [0.2, 0.25) is 0 Å². The standard InChI is InChI=1S/C6H4Cl2F2N2/c7-3-1-2(5(9)10)6(11)12-4(3)8/h1,5H,(H2,11,12). The first-order chi connectivity index (χ1) is 5.52. The van der Waals surface area contributed by atoms with Gasteiger partial charge in [0, 0.05) is 0 Å². The molecule has 0 bridgehead atoms. The molecule has 0 radical (unpaired) electrons. The highest BCUT2D eigenvalue weighted by atomic mass is 35.5. The van der Waals surface area contributed by atoms with E-state index in [4.69, 9.17) is 28.9 Å². The third-order valence-corrected chi connectivity index (χ3v) is 1.90. The van der Waals surface area contributed by atoms with Crippen LogP contribution in [0.1, 0.15) is 12.0 Å². The molecule has 1 aromatic heterocycles. The lowest BCUT2D eigenvalue weighted by molar-refractivity contribution is 0.152. The van der Waals surface area contributed by atoms with E-state index < -0.39 is 12.0 Å². The largest absolute Gasteiger partial charge is 0.383 e. The van der Waals surface area contributed by atoms with Crippen molar-refractivity contribution in [2.75, 3.05) is 5.73 Å². The van der Waals surface area contributed by atoms with Crippen molar-refractivity contribution < 1.29 is 8.78 Å². The van der Waals surface area contributed by atoms with Crippen molar-refractivity contribution in [1.29, 1.82) is 0 Å². The number of pyridine rings is 1. The Balaban J connectivity index is 3.23. The molecule has 2 N–H and O–H groups in total. The second kappa shape index (κ2) is 3.41. The van der Waals surface area contributed by atoms with E-state index in [0.29, 0.717) is 0 Å². The Morgan fingerprint density at radius 3 is 2.50 bits per heavy atom. The van der Waals surface area contributed by atoms with Crippen molar-refractivity contribution >= 4 is 29.0 Å². The van der Waals surface area contributed by atoms with E-state index in [1.807, 2.05) is 0 Å². The summed E-state index contributed by atoms with van der Waals surface area (Å²) in [7, 11) is 0. The first-order valence-corrected chi connectivity index (χ1v) is 3.67. The fraction of sp³-hybridized carbons (Fsp3) is 0.167. The molecule has 0 amide bonds. The van der Waals surface area contributed by atoms with Crippen LogP contribution in [0.2, 0.25) is 10.2 Å². The van der Waals surface area contributed by atoms with Crippen LogP contribution in [0, 0.1) is 0 Å². The molecule has 2 nitrogen and oxygen atoms in total. The van der Waals surface area contributed by atoms with Gasteiger partial charge in [0.05, 0.1) is 10.6 Å². The summed E-state index contributed by atoms with van der Waals surface area (Å²) < 4.78 is 24.2. The molecular weight excluding hydrogens is 209 g/mol. The Labute approximate surface area is 77.3 Å². The van der Waals surface area contributed by atoms with Crippen LogP contribution < -0.4 is 5.73 Å². The molecule has 66 valence electrons. The molecule has 0 aliphatic heterocycles. The second-order valence-electron chi connectivity index (χ2n) is 2.04. The molecule has 1 aromatic rings. The fourth-order valence-corrected chi connectivity index (χ4v) is 0.974. The lowest BCUT2D eigenvalue weighted by atomic mass is 10.3. The van der Waals surface area contributed by atoms with Crippen molar-refractivity contribution in [1.82, 2.24) is 4.98 Å². The average Bonchev–Trinajstić information content (AvgIpc) is 1.96. The van der Waals surface area contributed by atoms with Crippen molar-refractivity contribution in [2.24, 2.45) is 0 Å². The van der Waals surface area contributed by atoms with Crippen molar-refractivity contribution in [3.63, 3.8) is 0 Å². The Morgan fingerprint density at radius 1 is 1.42 bits per heavy atom. The van der Waals surface area contributed by atoms with Crippen LogP contribution in [0.5, 0.6) is 0 Å². The molecule has 0 aromatic carbocycles. The zero-order chi connectivity index (χ0) is 9.30. The first kappa shape index (κ1) is 9.48. The van der Waals surface area contributed by atoms with E-state index in [0.717, 1.165) is 6.07 Å². The van der Waals surface area contributed by atoms with Gasteiger partial charge in [0.15, 0.2) is 0 Å². The van der Waals surface area contributed by atoms with Crippen LogP contribution >= 0.6 is 23.2 Å². The summed E-state index contributed by atoms with van der Waals surface area (Å²) >= 11 is 10.9. The molecule has 1 heterocycles. The van der Waals surface area contributed by atoms with E-state index in [1.54, 1.807) is 0 Å². The summed E-state index contributed by atoms with van der Waals surface area (Å²) in [5.74, 6) is -0.292. The zero-order valence-electron chi connectivity index (χ0n) is 5.69. The SMILES string of the molecule is Nc1nc(Cl)c(Cl)cc1C(F)F. The minimum atomic E-state index is -2.69. The molecule has 0 saturated heterocycles. The zero-order valence-corrected chi connectivity index (χ0v) is 7.20. The number of rotatable bonds is 1. The summed E-state index contributed by atoms with van der Waals surface area (Å²) in [6.45, 7) is 0. The summed E-state index contributed by atoms with van der Waals surface area (Å²) in [6.07, 6.45) is -2.69. The highest BCUT2D eigenvalue weighted by Gasteiger charge is 2.14. The summed E-state index contributed by atoms with van der Waals surface area (Å²) in [4.78, 5) is 3.43. The molecule has 6 heteroatoms. The number of anilines is 1. The van der Waals surface area contributed by atoms with Gasteiger partial charge in [0.1, 0.15) is 11.0 Å². The smallest absolute Gasteiger partial charge is 0.267 e. The highest BCUT2D eigenvalue weighted by Crippen LogP contribution is 2.29. The number of hydrogen-bond acceptors (Lipinski definition) is 2. The van der Waals surface area contributed by atoms with Gasteiger partial charge in [-0.25, -0.2) is 13.8 Å². The van der Waals surface area contributed by atoms with E-state index in [-0.39, 0.29) is 16.0 Å². The van der Waals surface area contributed by atoms with Gasteiger partial charge in [-0.3, -0.25) is 0 Å². The maximum absolute atomic E-state index is 12.1. The van der Waals surface area contributed by atoms with Crippen LogP contribution in [0.15, 0.2) is 6.07 Å². The molecule has 0 aliphatic rings. The minimum absolute atomic E-state index is 0.0267. The first-order valence-electron chi connectivity index (χ1n) is 2.92. The van der Waals surface area contributed by atoms with Gasteiger partial charge in [0.25, 0.3) is 6.43 Å². The predicted molar refractivity (Wildman–Crippen MR) is 43.6 cm³/mol. The normalized spacial score (nSPS) is 10.8. The minimum Gasteiger partial charge on any atom is -0.383 e. The van der Waals surface area contributed by atoms with Gasteiger partial charge in [-0.15, -0.1) is 0 Å². The quantitative estimate of drug-likeness (QED) is 0.728. The van der Waals surface area contributed by atoms with Gasteiger partial charge in [-0.05, 0) is 6.07 Å². The van der Waals surface area contributed by atoms with Gasteiger partial charge in [-0.1, -0.05) is 23.2 Å². The topological polar surface area (TPSA) is 38.9 Å². The van der Waals surface area contributed by atoms with Crippen molar-refractivity contribution in [2.45, 2.75) is 6.43 Å². The summed E-state index contributed by atoms with van der Waals surface area (Å²) in [5.41, 5.74) is 4.76. The van der Waals surface area contributed by atoms with E-state index in [1.165, 1.54) is 0 Å². The van der Waals surface area contributed by atoms with Crippen LogP contribution in [0.3, 0.4) is 0 Å². The number of alkyl halides is 2. The Bertz CT molecular complexity index is 304. The maximum Gasteiger partial charge on any atom is 0.267 e. The Morgan fingerprint density at radius 2 is 2.00 bits per heavy atom. The summed E-state index contributed by atoms with van der Waals surface area (Å²) in [6, 6.07) is 1.01. The van der Waals surface area contributed by atoms with Crippen LogP contribution in [-0.2, 0) is 0 Å². The number of aromatic nitrogens is 1. The maximum atomic E-state index is 12.1. The molecule has 12 heavy (non-hydrogen) atoms. The number of nitrogens with zero attached hydrogens (tertiary/aromatic N) is 1. The Hall–Kier alpha value is -0.610. The molecule has 0 aliphatic carbocycles. The van der Waals surface area contributed by atoms with Crippen LogP contribution in [-0.4, -0.2) is 4.98 Å². The van der Waals surface area contributed by atoms with E-state index in [2.05, 4.69) is 4.98 Å². The second-order valence-corrected chi connectivity index (χ2v) is 2.80. The molecule has 1 rings (SSSR count). The van der Waals surface area contributed by atoms with Crippen LogP contribution in [0.25, 0.3) is 0 Å². The average molecular weight is 213 g/mol. The van der Waals surface area contributed by atoms with Crippen LogP contribution in [0.4, 0.5) is 14.6 Å². The number of halogens is 4. The van der Waals surface area contributed by atoms with E-state index >= 15 is 0 Å². The van der Waals surface area contributed by atoms with E-state index in [9.17, 15) is 8.78 Å². The molecule has 0 spiro atoms. The number of hydrogen-bond donors (Lipinski definition) is 1. The highest BCUT2D eigenvalue weighted by molar-refractivity contribution is 6.41.